The number of cyclic esters (lactones) is 1. The highest BCUT2D eigenvalue weighted by Gasteiger charge is 2.39. The van der Waals surface area contributed by atoms with E-state index in [2.05, 4.69) is 13.0 Å². The summed E-state index contributed by atoms with van der Waals surface area (Å²) in [6.45, 7) is 13.5. The second-order valence-electron chi connectivity index (χ2n) is 19.0. The van der Waals surface area contributed by atoms with Crippen molar-refractivity contribution in [1.29, 1.82) is 0 Å². The first-order chi connectivity index (χ1) is 32.8. The van der Waals surface area contributed by atoms with Crippen molar-refractivity contribution in [3.05, 3.63) is 72.0 Å². The molecule has 0 saturated carbocycles. The molecule has 2 aliphatic heterocycles. The van der Waals surface area contributed by atoms with E-state index in [9.17, 15) is 24.3 Å². The monoisotopic (exact) mass is 974 g/mol. The van der Waals surface area contributed by atoms with Gasteiger partial charge in [-0.1, -0.05) is 95.2 Å². The number of hydrogen-bond donors (Lipinski definition) is 1. The van der Waals surface area contributed by atoms with Gasteiger partial charge in [-0.25, -0.2) is 9.59 Å². The first-order valence-corrected chi connectivity index (χ1v) is 24.4. The van der Waals surface area contributed by atoms with E-state index in [4.69, 9.17) is 42.6 Å². The molecule has 2 bridgehead atoms. The van der Waals surface area contributed by atoms with E-state index in [0.717, 1.165) is 11.1 Å². The summed E-state index contributed by atoms with van der Waals surface area (Å²) in [6.07, 6.45) is 16.8. The van der Waals surface area contributed by atoms with E-state index in [-0.39, 0.29) is 60.5 Å². The van der Waals surface area contributed by atoms with E-state index < -0.39 is 60.2 Å². The van der Waals surface area contributed by atoms with Gasteiger partial charge in [-0.3, -0.25) is 9.59 Å². The van der Waals surface area contributed by atoms with Gasteiger partial charge in [-0.2, -0.15) is 0 Å². The minimum Gasteiger partial charge on any atom is -0.458 e. The number of carbonyl (C=O) groups is 4. The maximum Gasteiger partial charge on any atom is 0.331 e. The van der Waals surface area contributed by atoms with Crippen LogP contribution in [0, 0.1) is 35.5 Å². The minimum atomic E-state index is -1.08. The Kier molecular flexibility index (Phi) is 28.6. The van der Waals surface area contributed by atoms with E-state index in [1.54, 1.807) is 81.1 Å². The van der Waals surface area contributed by atoms with Gasteiger partial charge >= 0.3 is 11.9 Å². The lowest BCUT2D eigenvalue weighted by molar-refractivity contribution is -0.154. The molecule has 392 valence electrons. The number of esters is 2. The summed E-state index contributed by atoms with van der Waals surface area (Å²) < 4.78 is 53.6. The highest BCUT2D eigenvalue weighted by molar-refractivity contribution is 5.84. The Morgan fingerprint density at radius 1 is 0.812 bits per heavy atom. The van der Waals surface area contributed by atoms with Gasteiger partial charge in [0.2, 0.25) is 6.41 Å². The molecule has 2 rings (SSSR count). The number of hydrogen-bond acceptors (Lipinski definition) is 14. The molecule has 0 radical (unpaired) electrons. The van der Waals surface area contributed by atoms with Crippen molar-refractivity contribution in [2.45, 2.75) is 154 Å². The number of aliphatic hydroxyl groups is 1. The fraction of sp³-hybridized carbons (Fsp3) is 0.704. The Morgan fingerprint density at radius 3 is 2.00 bits per heavy atom. The Labute approximate surface area is 413 Å². The number of carbonyl (C=O) groups excluding carboxylic acids is 4. The van der Waals surface area contributed by atoms with Crippen molar-refractivity contribution in [3.63, 3.8) is 0 Å². The molecular formula is C54H87NO14. The Balaban J connectivity index is 2.53. The molecular weight excluding hydrogens is 887 g/mol. The molecule has 16 atom stereocenters. The van der Waals surface area contributed by atoms with Crippen LogP contribution in [-0.2, 0) is 61.8 Å². The van der Waals surface area contributed by atoms with E-state index in [0.29, 0.717) is 44.9 Å². The lowest BCUT2D eigenvalue weighted by Gasteiger charge is -2.37. The van der Waals surface area contributed by atoms with Crippen LogP contribution < -0.4 is 0 Å². The number of amides is 1. The molecule has 2 heterocycles. The summed E-state index contributed by atoms with van der Waals surface area (Å²) >= 11 is 0. The predicted molar refractivity (Wildman–Crippen MR) is 266 cm³/mol. The summed E-state index contributed by atoms with van der Waals surface area (Å²) in [6, 6.07) is 0. The Morgan fingerprint density at radius 2 is 1.43 bits per heavy atom. The smallest absolute Gasteiger partial charge is 0.331 e. The number of Topliss-reactive ketones (excluding diaryl/α,β-unsaturated/α-hetero) is 1. The van der Waals surface area contributed by atoms with Gasteiger partial charge in [0.15, 0.2) is 0 Å². The molecule has 1 amide bonds. The lowest BCUT2D eigenvalue weighted by Crippen LogP contribution is -2.44. The van der Waals surface area contributed by atoms with Crippen LogP contribution in [0.5, 0.6) is 0 Å². The van der Waals surface area contributed by atoms with Crippen molar-refractivity contribution >= 4 is 24.1 Å². The second kappa shape index (κ2) is 32.2. The average Bonchev–Trinajstić information content (AvgIpc) is 3.33. The molecule has 1 N–H and O–H groups in total. The first-order valence-electron chi connectivity index (χ1n) is 24.4. The quantitative estimate of drug-likeness (QED) is 0.0763. The topological polar surface area (TPSA) is 175 Å². The van der Waals surface area contributed by atoms with Gasteiger partial charge < -0.3 is 52.6 Å². The van der Waals surface area contributed by atoms with Crippen LogP contribution in [0.25, 0.3) is 0 Å². The molecule has 0 saturated heterocycles. The maximum absolute atomic E-state index is 13.7. The molecule has 15 nitrogen and oxygen atoms in total. The zero-order valence-electron chi connectivity index (χ0n) is 44.2. The van der Waals surface area contributed by atoms with Crippen LogP contribution in [0.15, 0.2) is 72.0 Å². The predicted octanol–water partition coefficient (Wildman–Crippen LogP) is 7.56. The molecule has 0 aliphatic carbocycles. The summed E-state index contributed by atoms with van der Waals surface area (Å²) in [5, 5.41) is 11.6. The van der Waals surface area contributed by atoms with Crippen LogP contribution in [0.1, 0.15) is 93.4 Å². The van der Waals surface area contributed by atoms with Gasteiger partial charge in [-0.15, -0.1) is 0 Å². The third-order valence-electron chi connectivity index (χ3n) is 14.1. The highest BCUT2D eigenvalue weighted by atomic mass is 16.6. The first kappa shape index (κ1) is 61.3. The fourth-order valence-corrected chi connectivity index (χ4v) is 9.35. The second-order valence-corrected chi connectivity index (χ2v) is 19.0. The van der Waals surface area contributed by atoms with Crippen molar-refractivity contribution in [3.8, 4) is 0 Å². The number of nitrogens with zero attached hydrogens (tertiary/aromatic N) is 1. The van der Waals surface area contributed by atoms with Crippen LogP contribution in [0.2, 0.25) is 0 Å². The number of allylic oxidation sites excluding steroid dienone is 2. The van der Waals surface area contributed by atoms with Crippen molar-refractivity contribution in [2.75, 3.05) is 56.8 Å². The zero-order chi connectivity index (χ0) is 51.8. The molecule has 0 aromatic heterocycles. The molecule has 0 aromatic carbocycles. The van der Waals surface area contributed by atoms with Crippen molar-refractivity contribution in [2.24, 2.45) is 35.5 Å². The summed E-state index contributed by atoms with van der Waals surface area (Å²) in [7, 11) is 13.0. The molecule has 2 aliphatic rings. The largest absolute Gasteiger partial charge is 0.458 e. The third kappa shape index (κ3) is 20.5. The van der Waals surface area contributed by atoms with Crippen LogP contribution in [-0.4, -0.2) is 152 Å². The fourth-order valence-electron chi connectivity index (χ4n) is 9.35. The molecule has 69 heavy (non-hydrogen) atoms. The maximum atomic E-state index is 13.7. The van der Waals surface area contributed by atoms with E-state index in [1.807, 2.05) is 58.9 Å². The van der Waals surface area contributed by atoms with Gasteiger partial charge in [0.25, 0.3) is 0 Å². The van der Waals surface area contributed by atoms with Crippen LogP contribution >= 0.6 is 0 Å². The number of rotatable bonds is 19. The van der Waals surface area contributed by atoms with Gasteiger partial charge in [-0.05, 0) is 26.2 Å². The Bertz CT molecular complexity index is 1740. The summed E-state index contributed by atoms with van der Waals surface area (Å²) in [4.78, 5) is 52.5. The van der Waals surface area contributed by atoms with E-state index >= 15 is 0 Å². The number of aliphatic hydroxyl groups excluding tert-OH is 1. The zero-order valence-corrected chi connectivity index (χ0v) is 44.2. The molecule has 0 unspecified atom stereocenters. The molecule has 15 heteroatoms. The third-order valence-corrected chi connectivity index (χ3v) is 14.1. The Hall–Kier alpha value is -3.80. The number of fused-ring (bicyclic) bond motifs is 2. The number of methoxy groups -OCH3 is 7. The number of ether oxygens (including phenoxy) is 9. The van der Waals surface area contributed by atoms with Crippen LogP contribution in [0.4, 0.5) is 0 Å². The normalized spacial score (nSPS) is 32.1. The molecule has 0 fully saturated rings. The average molecular weight is 974 g/mol. The van der Waals surface area contributed by atoms with Gasteiger partial charge in [0.05, 0.1) is 48.8 Å². The van der Waals surface area contributed by atoms with Crippen LogP contribution in [0.3, 0.4) is 0 Å². The summed E-state index contributed by atoms with van der Waals surface area (Å²) in [5.41, 5.74) is 1.88. The standard InChI is InChI=1S/C54H87NO14/c1-34-18-16-20-51(59)69-53(40(7)54(67-15)38(5)46(58)32-45(57)37(4)47(64-12)19-17-25-55(8)33-56)36(3)22-24-42(61-9)30-48(65-13)35(2)21-23-43(62-10)31-49(66-14)39(6)50-28-41(29-52(60)68-50)27-44(26-34)63-11/h16-18,20-25,29,33,35-40,42-44,46-50,53-54,58H,19,26-28,30-32H2,1-15H3/b20-16+,23-21+,24-22+,25-17+,34-18+/t35-,36-,37-,38-,39+,40+,42-,43+,44+,46-,47+,48-,49-,50+,53-,54-/m0/s1. The van der Waals surface area contributed by atoms with Gasteiger partial charge in [0, 0.05) is 136 Å². The molecule has 0 aromatic rings. The number of ketones is 1. The summed E-state index contributed by atoms with van der Waals surface area (Å²) in [5.74, 6) is -3.19. The van der Waals surface area contributed by atoms with E-state index in [1.165, 1.54) is 18.1 Å². The SMILES string of the molecule is CO[C@H]1CC2=CC(=O)O[C@H](C2)[C@H](C)[C@@H](OC)C[C@H](OC)/C=C/[C@H](C)[C@@H](OC)C[C@@H](OC)/C=C/[C@H](C)[C@@H]([C@@H](C)[C@@H](OC)[C@@H](C)[C@@H](O)CC(=O)[C@H](C)[C@@H](C/C=C/N(C)C=O)OC)OC(=O)/C=C/C=C(\C)C1. The van der Waals surface area contributed by atoms with Crippen molar-refractivity contribution < 1.29 is 66.9 Å². The highest BCUT2D eigenvalue weighted by Crippen LogP contribution is 2.33. The van der Waals surface area contributed by atoms with Crippen molar-refractivity contribution in [1.82, 2.24) is 4.90 Å². The minimum absolute atomic E-state index is 0.0371. The van der Waals surface area contributed by atoms with Gasteiger partial charge in [0.1, 0.15) is 18.0 Å². The lowest BCUT2D eigenvalue weighted by atomic mass is 9.80. The molecule has 0 spiro atoms.